The summed E-state index contributed by atoms with van der Waals surface area (Å²) in [5.74, 6) is -0.349. The lowest BCUT2D eigenvalue weighted by Crippen LogP contribution is -2.39. The molecule has 28 heavy (non-hydrogen) atoms. The number of anilines is 1. The van der Waals surface area contributed by atoms with Crippen molar-refractivity contribution in [2.45, 2.75) is 25.8 Å². The predicted octanol–water partition coefficient (Wildman–Crippen LogP) is 3.73. The molecule has 0 aliphatic carbocycles. The molecule has 0 spiro atoms. The summed E-state index contributed by atoms with van der Waals surface area (Å²) in [6.45, 7) is 2.97. The van der Waals surface area contributed by atoms with Gasteiger partial charge in [0.2, 0.25) is 5.91 Å². The standard InChI is InChI=1S/C21H22ClN3O2S/c1-2-24-20(27)18(14-19(26)23-17-10-8-16(22)9-11-17)25(21(24)28)13-12-15-6-4-3-5-7-15/h3-11,18H,2,12-14H2,1H3,(H,23,26)/t18-/m0/s1. The lowest BCUT2D eigenvalue weighted by atomic mass is 10.1. The van der Waals surface area contributed by atoms with Crippen LogP contribution in [-0.4, -0.2) is 45.9 Å². The van der Waals surface area contributed by atoms with E-state index in [4.69, 9.17) is 23.8 Å². The lowest BCUT2D eigenvalue weighted by molar-refractivity contribution is -0.130. The first-order valence-electron chi connectivity index (χ1n) is 9.21. The van der Waals surface area contributed by atoms with E-state index >= 15 is 0 Å². The number of thiocarbonyl (C=S) groups is 1. The van der Waals surface area contributed by atoms with Crippen LogP contribution in [0.2, 0.25) is 5.02 Å². The van der Waals surface area contributed by atoms with Crippen molar-refractivity contribution in [3.05, 3.63) is 65.2 Å². The molecular formula is C21H22ClN3O2S. The van der Waals surface area contributed by atoms with Crippen molar-refractivity contribution in [2.24, 2.45) is 0 Å². The van der Waals surface area contributed by atoms with Gasteiger partial charge in [0.1, 0.15) is 6.04 Å². The Kier molecular flexibility index (Phi) is 6.65. The SMILES string of the molecule is CCN1C(=O)[C@H](CC(=O)Nc2ccc(Cl)cc2)N(CCc2ccccc2)C1=S. The Morgan fingerprint density at radius 1 is 1.14 bits per heavy atom. The minimum atomic E-state index is -0.580. The Hall–Kier alpha value is -2.44. The third kappa shape index (κ3) is 4.69. The second-order valence-electron chi connectivity index (χ2n) is 6.57. The van der Waals surface area contributed by atoms with E-state index < -0.39 is 6.04 Å². The molecule has 0 aromatic heterocycles. The molecule has 0 radical (unpaired) electrons. The summed E-state index contributed by atoms with van der Waals surface area (Å²) in [7, 11) is 0. The number of hydrogen-bond acceptors (Lipinski definition) is 3. The quantitative estimate of drug-likeness (QED) is 0.700. The number of hydrogen-bond donors (Lipinski definition) is 1. The molecule has 146 valence electrons. The van der Waals surface area contributed by atoms with Crippen LogP contribution in [0.1, 0.15) is 18.9 Å². The van der Waals surface area contributed by atoms with Crippen molar-refractivity contribution >= 4 is 46.4 Å². The second-order valence-corrected chi connectivity index (χ2v) is 7.37. The molecule has 2 amide bonds. The van der Waals surface area contributed by atoms with Crippen LogP contribution >= 0.6 is 23.8 Å². The summed E-state index contributed by atoms with van der Waals surface area (Å²) in [5, 5.41) is 3.91. The maximum atomic E-state index is 12.8. The fourth-order valence-corrected chi connectivity index (χ4v) is 3.81. The smallest absolute Gasteiger partial charge is 0.252 e. The number of nitrogens with one attached hydrogen (secondary N) is 1. The molecule has 1 saturated heterocycles. The van der Waals surface area contributed by atoms with E-state index in [0.717, 1.165) is 12.0 Å². The average Bonchev–Trinajstić information content (AvgIpc) is 2.92. The highest BCUT2D eigenvalue weighted by Gasteiger charge is 2.42. The predicted molar refractivity (Wildman–Crippen MR) is 115 cm³/mol. The van der Waals surface area contributed by atoms with Crippen molar-refractivity contribution in [3.63, 3.8) is 0 Å². The highest BCUT2D eigenvalue weighted by molar-refractivity contribution is 7.80. The average molecular weight is 416 g/mol. The molecule has 1 aliphatic heterocycles. The van der Waals surface area contributed by atoms with E-state index in [1.807, 2.05) is 42.2 Å². The van der Waals surface area contributed by atoms with Gasteiger partial charge in [0.05, 0.1) is 6.42 Å². The molecule has 3 rings (SSSR count). The van der Waals surface area contributed by atoms with Crippen molar-refractivity contribution in [1.29, 1.82) is 0 Å². The fourth-order valence-electron chi connectivity index (χ4n) is 3.25. The molecule has 0 saturated carbocycles. The van der Waals surface area contributed by atoms with Crippen LogP contribution in [0.4, 0.5) is 5.69 Å². The topological polar surface area (TPSA) is 52.7 Å². The molecule has 1 atom stereocenters. The minimum absolute atomic E-state index is 0.0485. The van der Waals surface area contributed by atoms with Gasteiger partial charge in [-0.15, -0.1) is 0 Å². The minimum Gasteiger partial charge on any atom is -0.336 e. The number of carbonyl (C=O) groups is 2. The number of amides is 2. The van der Waals surface area contributed by atoms with Gasteiger partial charge in [-0.25, -0.2) is 0 Å². The number of rotatable bonds is 7. The number of likely N-dealkylation sites (N-methyl/N-ethyl adjacent to an activating group) is 1. The molecular weight excluding hydrogens is 394 g/mol. The first-order chi connectivity index (χ1) is 13.5. The molecule has 2 aromatic carbocycles. The summed E-state index contributed by atoms with van der Waals surface area (Å²) in [4.78, 5) is 28.8. The molecule has 5 nitrogen and oxygen atoms in total. The van der Waals surface area contributed by atoms with Crippen LogP contribution in [0.15, 0.2) is 54.6 Å². The molecule has 1 heterocycles. The summed E-state index contributed by atoms with van der Waals surface area (Å²) < 4.78 is 0. The van der Waals surface area contributed by atoms with Crippen molar-refractivity contribution in [1.82, 2.24) is 9.80 Å². The van der Waals surface area contributed by atoms with Gasteiger partial charge in [-0.05, 0) is 55.4 Å². The summed E-state index contributed by atoms with van der Waals surface area (Å²) in [6.07, 6.45) is 0.800. The Balaban J connectivity index is 1.69. The van der Waals surface area contributed by atoms with Crippen molar-refractivity contribution in [2.75, 3.05) is 18.4 Å². The van der Waals surface area contributed by atoms with Gasteiger partial charge in [0.15, 0.2) is 5.11 Å². The van der Waals surface area contributed by atoms with Gasteiger partial charge in [0, 0.05) is 23.8 Å². The zero-order chi connectivity index (χ0) is 20.1. The molecule has 1 fully saturated rings. The lowest BCUT2D eigenvalue weighted by Gasteiger charge is -2.23. The fraction of sp³-hybridized carbons (Fsp3) is 0.286. The van der Waals surface area contributed by atoms with E-state index in [9.17, 15) is 9.59 Å². The molecule has 1 N–H and O–H groups in total. The van der Waals surface area contributed by atoms with Crippen LogP contribution in [0, 0.1) is 0 Å². The highest BCUT2D eigenvalue weighted by atomic mass is 35.5. The second kappa shape index (κ2) is 9.17. The van der Waals surface area contributed by atoms with E-state index in [0.29, 0.717) is 28.9 Å². The monoisotopic (exact) mass is 415 g/mol. The van der Waals surface area contributed by atoms with E-state index in [1.54, 1.807) is 29.2 Å². The number of nitrogens with zero attached hydrogens (tertiary/aromatic N) is 2. The maximum absolute atomic E-state index is 12.8. The Labute approximate surface area is 175 Å². The van der Waals surface area contributed by atoms with Gasteiger partial charge < -0.3 is 10.2 Å². The first kappa shape index (κ1) is 20.3. The van der Waals surface area contributed by atoms with Crippen molar-refractivity contribution < 1.29 is 9.59 Å². The number of halogens is 1. The molecule has 0 bridgehead atoms. The third-order valence-electron chi connectivity index (χ3n) is 4.71. The summed E-state index contributed by atoms with van der Waals surface area (Å²) in [5.41, 5.74) is 1.81. The third-order valence-corrected chi connectivity index (χ3v) is 5.42. The van der Waals surface area contributed by atoms with Gasteiger partial charge >= 0.3 is 0 Å². The first-order valence-corrected chi connectivity index (χ1v) is 9.99. The Morgan fingerprint density at radius 2 is 1.82 bits per heavy atom. The van der Waals surface area contributed by atoms with Gasteiger partial charge in [-0.2, -0.15) is 0 Å². The van der Waals surface area contributed by atoms with Crippen LogP contribution < -0.4 is 5.32 Å². The van der Waals surface area contributed by atoms with Crippen LogP contribution in [0.5, 0.6) is 0 Å². The Bertz CT molecular complexity index is 858. The zero-order valence-corrected chi connectivity index (χ0v) is 17.2. The van der Waals surface area contributed by atoms with Gasteiger partial charge in [0.25, 0.3) is 5.91 Å². The van der Waals surface area contributed by atoms with E-state index in [-0.39, 0.29) is 18.2 Å². The van der Waals surface area contributed by atoms with Crippen molar-refractivity contribution in [3.8, 4) is 0 Å². The molecule has 0 unspecified atom stereocenters. The summed E-state index contributed by atoms with van der Waals surface area (Å²) >= 11 is 11.4. The van der Waals surface area contributed by atoms with Gasteiger partial charge in [-0.1, -0.05) is 41.9 Å². The number of benzene rings is 2. The zero-order valence-electron chi connectivity index (χ0n) is 15.6. The number of carbonyl (C=O) groups excluding carboxylic acids is 2. The highest BCUT2D eigenvalue weighted by Crippen LogP contribution is 2.22. The van der Waals surface area contributed by atoms with Gasteiger partial charge in [-0.3, -0.25) is 14.5 Å². The van der Waals surface area contributed by atoms with E-state index in [1.165, 1.54) is 0 Å². The van der Waals surface area contributed by atoms with Crippen LogP contribution in [-0.2, 0) is 16.0 Å². The van der Waals surface area contributed by atoms with Crippen LogP contribution in [0.25, 0.3) is 0 Å². The van der Waals surface area contributed by atoms with E-state index in [2.05, 4.69) is 5.32 Å². The molecule has 1 aliphatic rings. The summed E-state index contributed by atoms with van der Waals surface area (Å²) in [6, 6.07) is 16.3. The maximum Gasteiger partial charge on any atom is 0.252 e. The van der Waals surface area contributed by atoms with Crippen LogP contribution in [0.3, 0.4) is 0 Å². The molecule has 2 aromatic rings. The Morgan fingerprint density at radius 3 is 2.46 bits per heavy atom. The largest absolute Gasteiger partial charge is 0.336 e. The normalized spacial score (nSPS) is 16.6. The molecule has 7 heteroatoms.